The van der Waals surface area contributed by atoms with Crippen LogP contribution in [-0.2, 0) is 0 Å². The van der Waals surface area contributed by atoms with Gasteiger partial charge in [-0.05, 0) is 12.5 Å². The zero-order valence-corrected chi connectivity index (χ0v) is 8.93. The van der Waals surface area contributed by atoms with Gasteiger partial charge in [-0.1, -0.05) is 28.2 Å². The van der Waals surface area contributed by atoms with E-state index in [1.54, 1.807) is 0 Å². The first kappa shape index (κ1) is 12.9. The smallest absolute Gasteiger partial charge is 0.0110 e. The highest BCUT2D eigenvalue weighted by Gasteiger charge is 2.19. The van der Waals surface area contributed by atoms with Crippen molar-refractivity contribution in [2.45, 2.75) is 28.2 Å². The van der Waals surface area contributed by atoms with E-state index >= 15 is 0 Å². The summed E-state index contributed by atoms with van der Waals surface area (Å²) in [5.74, 6) is 0. The summed E-state index contributed by atoms with van der Waals surface area (Å²) >= 11 is 0. The molecular formula is C11H26N2. The van der Waals surface area contributed by atoms with Gasteiger partial charge in [-0.3, -0.25) is 0 Å². The molecule has 0 aromatic heterocycles. The van der Waals surface area contributed by atoms with Crippen LogP contribution in [0.3, 0.4) is 0 Å². The molecule has 0 spiro atoms. The van der Waals surface area contributed by atoms with E-state index in [1.165, 1.54) is 32.7 Å². The Kier molecular flexibility index (Phi) is 4.93. The van der Waals surface area contributed by atoms with Crippen molar-refractivity contribution in [1.82, 2.24) is 9.80 Å². The van der Waals surface area contributed by atoms with Crippen LogP contribution in [0.2, 0.25) is 0 Å². The summed E-state index contributed by atoms with van der Waals surface area (Å²) < 4.78 is 0. The van der Waals surface area contributed by atoms with Crippen molar-refractivity contribution in [3.8, 4) is 0 Å². The lowest BCUT2D eigenvalue weighted by Gasteiger charge is -2.36. The van der Waals surface area contributed by atoms with Crippen LogP contribution < -0.4 is 0 Å². The van der Waals surface area contributed by atoms with E-state index < -0.39 is 0 Å². The van der Waals surface area contributed by atoms with Crippen LogP contribution in [0.25, 0.3) is 0 Å². The minimum absolute atomic E-state index is 0. The zero-order chi connectivity index (χ0) is 9.19. The first-order valence-corrected chi connectivity index (χ1v) is 4.88. The zero-order valence-electron chi connectivity index (χ0n) is 8.93. The van der Waals surface area contributed by atoms with Gasteiger partial charge in [0.2, 0.25) is 0 Å². The minimum atomic E-state index is 0. The first-order chi connectivity index (χ1) is 5.47. The molecule has 13 heavy (non-hydrogen) atoms. The van der Waals surface area contributed by atoms with Crippen molar-refractivity contribution in [3.05, 3.63) is 0 Å². The summed E-state index contributed by atoms with van der Waals surface area (Å²) in [5.41, 5.74) is 0.454. The van der Waals surface area contributed by atoms with Crippen molar-refractivity contribution >= 4 is 0 Å². The maximum absolute atomic E-state index is 2.57. The highest BCUT2D eigenvalue weighted by atomic mass is 15.2. The molecule has 0 radical (unpaired) electrons. The third-order valence-electron chi connectivity index (χ3n) is 2.29. The molecular weight excluding hydrogens is 160 g/mol. The van der Waals surface area contributed by atoms with Crippen LogP contribution in [-0.4, -0.2) is 49.6 Å². The maximum atomic E-state index is 2.57. The second-order valence-corrected chi connectivity index (χ2v) is 5.14. The molecule has 0 bridgehead atoms. The van der Waals surface area contributed by atoms with Crippen LogP contribution >= 0.6 is 0 Å². The minimum Gasteiger partial charge on any atom is -0.304 e. The topological polar surface area (TPSA) is 6.48 Å². The van der Waals surface area contributed by atoms with E-state index in [9.17, 15) is 0 Å². The molecule has 2 heteroatoms. The average molecular weight is 186 g/mol. The molecule has 1 saturated heterocycles. The Morgan fingerprint density at radius 2 is 1.46 bits per heavy atom. The normalized spacial score (nSPS) is 21.2. The van der Waals surface area contributed by atoms with Crippen LogP contribution in [0.1, 0.15) is 28.2 Å². The number of hydrogen-bond donors (Lipinski definition) is 0. The summed E-state index contributed by atoms with van der Waals surface area (Å²) in [6.07, 6.45) is 0. The van der Waals surface area contributed by atoms with Gasteiger partial charge in [0.25, 0.3) is 0 Å². The number of nitrogens with zero attached hydrogens (tertiary/aromatic N) is 2. The van der Waals surface area contributed by atoms with Crippen LogP contribution in [0.5, 0.6) is 0 Å². The third kappa shape index (κ3) is 5.27. The molecule has 1 heterocycles. The predicted molar refractivity (Wildman–Crippen MR) is 60.1 cm³/mol. The van der Waals surface area contributed by atoms with Gasteiger partial charge in [-0.15, -0.1) is 0 Å². The van der Waals surface area contributed by atoms with Crippen molar-refractivity contribution in [2.75, 3.05) is 39.8 Å². The molecule has 0 aromatic carbocycles. The molecule has 1 aliphatic rings. The quantitative estimate of drug-likeness (QED) is 0.617. The van der Waals surface area contributed by atoms with E-state index in [2.05, 4.69) is 37.6 Å². The molecule has 0 aliphatic carbocycles. The highest BCUT2D eigenvalue weighted by Crippen LogP contribution is 2.15. The molecule has 0 aromatic rings. The molecule has 0 N–H and O–H groups in total. The Labute approximate surface area is 83.9 Å². The SMILES string of the molecule is C.CN1CCN(CC(C)(C)C)CC1. The third-order valence-corrected chi connectivity index (χ3v) is 2.29. The number of piperazine rings is 1. The monoisotopic (exact) mass is 186 g/mol. The first-order valence-electron chi connectivity index (χ1n) is 4.88. The lowest BCUT2D eigenvalue weighted by Crippen LogP contribution is -2.47. The summed E-state index contributed by atoms with van der Waals surface area (Å²) in [5, 5.41) is 0. The Hall–Kier alpha value is -0.0800. The van der Waals surface area contributed by atoms with E-state index in [4.69, 9.17) is 0 Å². The predicted octanol–water partition coefficient (Wildman–Crippen LogP) is 1.92. The fourth-order valence-corrected chi connectivity index (χ4v) is 1.68. The molecule has 80 valence electrons. The summed E-state index contributed by atoms with van der Waals surface area (Å²) in [6.45, 7) is 13.1. The molecule has 0 amide bonds. The Balaban J connectivity index is 0.00000144. The van der Waals surface area contributed by atoms with Gasteiger partial charge in [0, 0.05) is 32.7 Å². The van der Waals surface area contributed by atoms with E-state index in [1.807, 2.05) is 0 Å². The number of rotatable bonds is 1. The molecule has 1 fully saturated rings. The molecule has 1 aliphatic heterocycles. The Morgan fingerprint density at radius 1 is 1.00 bits per heavy atom. The van der Waals surface area contributed by atoms with Crippen LogP contribution in [0.4, 0.5) is 0 Å². The van der Waals surface area contributed by atoms with Crippen molar-refractivity contribution in [3.63, 3.8) is 0 Å². The molecule has 0 unspecified atom stereocenters. The van der Waals surface area contributed by atoms with Gasteiger partial charge in [-0.2, -0.15) is 0 Å². The van der Waals surface area contributed by atoms with Gasteiger partial charge in [0.05, 0.1) is 0 Å². The van der Waals surface area contributed by atoms with Crippen molar-refractivity contribution in [1.29, 1.82) is 0 Å². The fraction of sp³-hybridized carbons (Fsp3) is 1.00. The number of likely N-dealkylation sites (N-methyl/N-ethyl adjacent to an activating group) is 1. The largest absolute Gasteiger partial charge is 0.304 e. The summed E-state index contributed by atoms with van der Waals surface area (Å²) in [7, 11) is 2.20. The molecule has 1 rings (SSSR count). The van der Waals surface area contributed by atoms with Gasteiger partial charge in [0.1, 0.15) is 0 Å². The van der Waals surface area contributed by atoms with E-state index in [0.717, 1.165) is 0 Å². The highest BCUT2D eigenvalue weighted by molar-refractivity contribution is 4.74. The number of hydrogen-bond acceptors (Lipinski definition) is 2. The van der Waals surface area contributed by atoms with Crippen molar-refractivity contribution in [2.24, 2.45) is 5.41 Å². The standard InChI is InChI=1S/C10H22N2.CH4/c1-10(2,3)9-12-7-5-11(4)6-8-12;/h5-9H2,1-4H3;1H4. The molecule has 0 atom stereocenters. The lowest BCUT2D eigenvalue weighted by atomic mass is 9.96. The second kappa shape index (κ2) is 4.97. The lowest BCUT2D eigenvalue weighted by molar-refractivity contribution is 0.117. The maximum Gasteiger partial charge on any atom is 0.0110 e. The van der Waals surface area contributed by atoms with E-state index in [-0.39, 0.29) is 7.43 Å². The Morgan fingerprint density at radius 3 is 1.85 bits per heavy atom. The second-order valence-electron chi connectivity index (χ2n) is 5.14. The average Bonchev–Trinajstić information content (AvgIpc) is 1.91. The fourth-order valence-electron chi connectivity index (χ4n) is 1.68. The summed E-state index contributed by atoms with van der Waals surface area (Å²) in [6, 6.07) is 0. The molecule has 2 nitrogen and oxygen atoms in total. The Bertz CT molecular complexity index is 130. The van der Waals surface area contributed by atoms with Gasteiger partial charge in [-0.25, -0.2) is 0 Å². The van der Waals surface area contributed by atoms with Crippen LogP contribution in [0, 0.1) is 5.41 Å². The van der Waals surface area contributed by atoms with Crippen molar-refractivity contribution < 1.29 is 0 Å². The van der Waals surface area contributed by atoms with Crippen LogP contribution in [0.15, 0.2) is 0 Å². The van der Waals surface area contributed by atoms with Gasteiger partial charge < -0.3 is 9.80 Å². The van der Waals surface area contributed by atoms with Gasteiger partial charge in [0.15, 0.2) is 0 Å². The van der Waals surface area contributed by atoms with Gasteiger partial charge >= 0.3 is 0 Å². The summed E-state index contributed by atoms with van der Waals surface area (Å²) in [4.78, 5) is 4.97. The van der Waals surface area contributed by atoms with E-state index in [0.29, 0.717) is 5.41 Å². The molecule has 0 saturated carbocycles.